The number of primary amides is 1. The van der Waals surface area contributed by atoms with Crippen LogP contribution < -0.4 is 10.5 Å². The van der Waals surface area contributed by atoms with E-state index in [4.69, 9.17) is 20.4 Å². The van der Waals surface area contributed by atoms with Crippen molar-refractivity contribution in [2.24, 2.45) is 12.8 Å². The van der Waals surface area contributed by atoms with Crippen LogP contribution in [0.3, 0.4) is 0 Å². The molecule has 0 spiro atoms. The number of aryl methyl sites for hydroxylation is 2. The average Bonchev–Trinajstić information content (AvgIpc) is 3.37. The smallest absolute Gasteiger partial charge is 0.290 e. The van der Waals surface area contributed by atoms with Crippen molar-refractivity contribution in [1.29, 1.82) is 0 Å². The van der Waals surface area contributed by atoms with Crippen molar-refractivity contribution in [3.8, 4) is 11.5 Å². The first-order valence-corrected chi connectivity index (χ1v) is 10.5. The van der Waals surface area contributed by atoms with Gasteiger partial charge < -0.3 is 15.6 Å². The summed E-state index contributed by atoms with van der Waals surface area (Å²) in [5.74, 6) is -0.715. The number of carbonyl (C=O) groups excluding carboxylic acids is 1. The number of likely N-dealkylation sites (tertiary alicyclic amines) is 1. The summed E-state index contributed by atoms with van der Waals surface area (Å²) in [4.78, 5) is 21.9. The van der Waals surface area contributed by atoms with Crippen molar-refractivity contribution < 1.29 is 23.8 Å². The van der Waals surface area contributed by atoms with Crippen molar-refractivity contribution in [1.82, 2.24) is 14.7 Å². The third-order valence-corrected chi connectivity index (χ3v) is 5.59. The summed E-state index contributed by atoms with van der Waals surface area (Å²) >= 11 is 0. The summed E-state index contributed by atoms with van der Waals surface area (Å²) in [6.45, 7) is 3.68. The van der Waals surface area contributed by atoms with Gasteiger partial charge in [-0.15, -0.1) is 0 Å². The van der Waals surface area contributed by atoms with Crippen molar-refractivity contribution in [3.63, 3.8) is 0 Å². The molecular weight excluding hydrogens is 427 g/mol. The first kappa shape index (κ1) is 23.9. The SMILES string of the molecule is Cc1cc(C2CCCN2Cc2ccc(Oc3ccc(C(N)=O)cc3F)cc2)nn1C.O=CO. The number of hydrogen-bond acceptors (Lipinski definition) is 5. The Morgan fingerprint density at radius 3 is 2.55 bits per heavy atom. The molecule has 1 fully saturated rings. The van der Waals surface area contributed by atoms with Crippen molar-refractivity contribution in [3.05, 3.63) is 76.9 Å². The zero-order chi connectivity index (χ0) is 24.0. The summed E-state index contributed by atoms with van der Waals surface area (Å²) in [6.07, 6.45) is 2.26. The highest BCUT2D eigenvalue weighted by atomic mass is 19.1. The second-order valence-electron chi connectivity index (χ2n) is 7.82. The molecule has 1 aliphatic heterocycles. The van der Waals surface area contributed by atoms with E-state index in [0.717, 1.165) is 48.9 Å². The Bertz CT molecular complexity index is 1090. The molecule has 0 saturated carbocycles. The number of benzene rings is 2. The number of carbonyl (C=O) groups is 2. The molecular formula is C24H27FN4O4. The zero-order valence-electron chi connectivity index (χ0n) is 18.6. The number of hydrogen-bond donors (Lipinski definition) is 2. The number of halogens is 1. The van der Waals surface area contributed by atoms with Crippen LogP contribution in [0.2, 0.25) is 0 Å². The van der Waals surface area contributed by atoms with Gasteiger partial charge in [-0.25, -0.2) is 4.39 Å². The monoisotopic (exact) mass is 454 g/mol. The van der Waals surface area contributed by atoms with Gasteiger partial charge in [-0.05, 0) is 68.3 Å². The number of amides is 1. The van der Waals surface area contributed by atoms with Crippen LogP contribution in [0, 0.1) is 12.7 Å². The summed E-state index contributed by atoms with van der Waals surface area (Å²) in [5, 5.41) is 11.5. The lowest BCUT2D eigenvalue weighted by Crippen LogP contribution is -2.23. The maximum atomic E-state index is 14.1. The van der Waals surface area contributed by atoms with Crippen molar-refractivity contribution >= 4 is 12.4 Å². The molecule has 9 heteroatoms. The summed E-state index contributed by atoms with van der Waals surface area (Å²) in [6, 6.07) is 14.1. The molecule has 0 bridgehead atoms. The molecule has 1 unspecified atom stereocenters. The summed E-state index contributed by atoms with van der Waals surface area (Å²) < 4.78 is 21.7. The van der Waals surface area contributed by atoms with Gasteiger partial charge >= 0.3 is 0 Å². The molecule has 1 saturated heterocycles. The molecule has 0 radical (unpaired) electrons. The topological polar surface area (TPSA) is 111 Å². The van der Waals surface area contributed by atoms with Crippen molar-refractivity contribution in [2.75, 3.05) is 6.54 Å². The first-order valence-electron chi connectivity index (χ1n) is 10.5. The quantitative estimate of drug-likeness (QED) is 0.548. The molecule has 1 atom stereocenters. The fraction of sp³-hybridized carbons (Fsp3) is 0.292. The van der Waals surface area contributed by atoms with Crippen LogP contribution in [0.5, 0.6) is 11.5 Å². The molecule has 174 valence electrons. The molecule has 1 aromatic heterocycles. The highest BCUT2D eigenvalue weighted by molar-refractivity contribution is 5.92. The lowest BCUT2D eigenvalue weighted by Gasteiger charge is -2.23. The van der Waals surface area contributed by atoms with Crippen LogP contribution in [-0.4, -0.2) is 38.7 Å². The van der Waals surface area contributed by atoms with Crippen LogP contribution in [0.4, 0.5) is 4.39 Å². The highest BCUT2D eigenvalue weighted by Crippen LogP contribution is 2.33. The van der Waals surface area contributed by atoms with Crippen LogP contribution in [0.25, 0.3) is 0 Å². The third kappa shape index (κ3) is 5.95. The molecule has 1 aliphatic rings. The Labute approximate surface area is 191 Å². The number of nitrogens with two attached hydrogens (primary N) is 1. The maximum Gasteiger partial charge on any atom is 0.290 e. The van der Waals surface area contributed by atoms with Gasteiger partial charge in [-0.2, -0.15) is 5.10 Å². The van der Waals surface area contributed by atoms with Gasteiger partial charge in [0, 0.05) is 24.8 Å². The van der Waals surface area contributed by atoms with E-state index in [9.17, 15) is 9.18 Å². The minimum absolute atomic E-state index is 0.0536. The number of carboxylic acid groups (broad SMARTS) is 1. The Balaban J connectivity index is 0.000000968. The van der Waals surface area contributed by atoms with Crippen LogP contribution in [0.15, 0.2) is 48.5 Å². The van der Waals surface area contributed by atoms with Gasteiger partial charge in [0.25, 0.3) is 6.47 Å². The van der Waals surface area contributed by atoms with Crippen LogP contribution in [-0.2, 0) is 18.4 Å². The second kappa shape index (κ2) is 10.7. The van der Waals surface area contributed by atoms with Gasteiger partial charge in [0.1, 0.15) is 5.75 Å². The van der Waals surface area contributed by atoms with Gasteiger partial charge in [0.05, 0.1) is 11.7 Å². The number of aromatic nitrogens is 2. The summed E-state index contributed by atoms with van der Waals surface area (Å²) in [7, 11) is 1.97. The number of rotatable bonds is 6. The zero-order valence-corrected chi connectivity index (χ0v) is 18.6. The van der Waals surface area contributed by atoms with Gasteiger partial charge in [-0.1, -0.05) is 12.1 Å². The summed E-state index contributed by atoms with van der Waals surface area (Å²) in [5.41, 5.74) is 8.73. The van der Waals surface area contributed by atoms with E-state index in [2.05, 4.69) is 23.0 Å². The predicted octanol–water partition coefficient (Wildman–Crippen LogP) is 3.80. The maximum absolute atomic E-state index is 14.1. The number of nitrogens with zero attached hydrogens (tertiary/aromatic N) is 3. The van der Waals surface area contributed by atoms with E-state index in [1.165, 1.54) is 12.1 Å². The van der Waals surface area contributed by atoms with E-state index >= 15 is 0 Å². The fourth-order valence-electron chi connectivity index (χ4n) is 3.86. The Kier molecular flexibility index (Phi) is 7.78. The molecule has 3 N–H and O–H groups in total. The normalized spacial score (nSPS) is 15.5. The predicted molar refractivity (Wildman–Crippen MR) is 120 cm³/mol. The largest absolute Gasteiger partial charge is 0.483 e. The van der Waals surface area contributed by atoms with E-state index in [0.29, 0.717) is 11.8 Å². The molecule has 0 aliphatic carbocycles. The van der Waals surface area contributed by atoms with Gasteiger partial charge in [0.2, 0.25) is 5.91 Å². The second-order valence-corrected chi connectivity index (χ2v) is 7.82. The van der Waals surface area contributed by atoms with E-state index in [1.54, 1.807) is 0 Å². The van der Waals surface area contributed by atoms with Gasteiger partial charge in [-0.3, -0.25) is 19.2 Å². The van der Waals surface area contributed by atoms with Crippen molar-refractivity contribution in [2.45, 2.75) is 32.4 Å². The molecule has 3 aromatic rings. The van der Waals surface area contributed by atoms with Crippen LogP contribution >= 0.6 is 0 Å². The molecule has 1 amide bonds. The molecule has 4 rings (SSSR count). The first-order chi connectivity index (χ1) is 15.8. The minimum atomic E-state index is -0.675. The van der Waals surface area contributed by atoms with E-state index in [-0.39, 0.29) is 17.8 Å². The Morgan fingerprint density at radius 2 is 1.97 bits per heavy atom. The third-order valence-electron chi connectivity index (χ3n) is 5.59. The molecule has 8 nitrogen and oxygen atoms in total. The lowest BCUT2D eigenvalue weighted by molar-refractivity contribution is -0.122. The molecule has 2 heterocycles. The van der Waals surface area contributed by atoms with E-state index < -0.39 is 11.7 Å². The van der Waals surface area contributed by atoms with E-state index in [1.807, 2.05) is 36.0 Å². The average molecular weight is 455 g/mol. The lowest BCUT2D eigenvalue weighted by atomic mass is 10.1. The molecule has 2 aromatic carbocycles. The standard InChI is InChI=1S/C23H25FN4O2.CH2O2/c1-15-12-20(26-27(15)2)21-4-3-11-28(21)14-16-5-8-18(9-6-16)30-22-10-7-17(23(25)29)13-19(22)24;2-1-3/h5-10,12-13,21H,3-4,11,14H2,1-2H3,(H2,25,29);1H,(H,2,3). The fourth-order valence-corrected chi connectivity index (χ4v) is 3.86. The minimum Gasteiger partial charge on any atom is -0.483 e. The Morgan fingerprint density at radius 1 is 1.27 bits per heavy atom. The number of ether oxygens (including phenoxy) is 1. The molecule has 33 heavy (non-hydrogen) atoms. The van der Waals surface area contributed by atoms with Crippen LogP contribution in [0.1, 0.15) is 46.2 Å². The Hall–Kier alpha value is -3.72. The van der Waals surface area contributed by atoms with Gasteiger partial charge in [0.15, 0.2) is 11.6 Å². The highest BCUT2D eigenvalue weighted by Gasteiger charge is 2.28.